The maximum atomic E-state index is 5.34. The molecule has 0 aromatic rings. The highest BCUT2D eigenvalue weighted by atomic mass is 16.5. The van der Waals surface area contributed by atoms with Crippen LogP contribution in [-0.2, 0) is 9.47 Å². The van der Waals surface area contributed by atoms with Crippen LogP contribution in [0.1, 0.15) is 27.2 Å². The van der Waals surface area contributed by atoms with Crippen LogP contribution in [0.2, 0.25) is 0 Å². The molecule has 0 rings (SSSR count). The summed E-state index contributed by atoms with van der Waals surface area (Å²) in [5.41, 5.74) is 0. The summed E-state index contributed by atoms with van der Waals surface area (Å²) in [5.74, 6) is 0.417. The summed E-state index contributed by atoms with van der Waals surface area (Å²) in [4.78, 5) is 0. The minimum atomic E-state index is 0.213. The van der Waals surface area contributed by atoms with Crippen molar-refractivity contribution < 1.29 is 9.47 Å². The zero-order valence-electron chi connectivity index (χ0n) is 8.83. The van der Waals surface area contributed by atoms with Crippen molar-refractivity contribution in [3.63, 3.8) is 0 Å². The molecule has 0 fully saturated rings. The molecule has 0 N–H and O–H groups in total. The molecule has 3 unspecified atom stereocenters. The molecule has 2 nitrogen and oxygen atoms in total. The van der Waals surface area contributed by atoms with Crippen LogP contribution in [0.3, 0.4) is 0 Å². The lowest BCUT2D eigenvalue weighted by atomic mass is 9.95. The van der Waals surface area contributed by atoms with Crippen LogP contribution < -0.4 is 0 Å². The van der Waals surface area contributed by atoms with Crippen molar-refractivity contribution in [3.8, 4) is 0 Å². The van der Waals surface area contributed by atoms with Gasteiger partial charge in [-0.15, -0.1) is 0 Å². The molecule has 2 heteroatoms. The molecule has 0 aliphatic rings. The van der Waals surface area contributed by atoms with Gasteiger partial charge < -0.3 is 9.47 Å². The smallest absolute Gasteiger partial charge is 0.0653 e. The van der Waals surface area contributed by atoms with Gasteiger partial charge in [0.1, 0.15) is 0 Å². The third-order valence-electron chi connectivity index (χ3n) is 2.37. The number of ether oxygens (including phenoxy) is 2. The zero-order valence-corrected chi connectivity index (χ0v) is 8.83. The molecule has 0 aromatic heterocycles. The van der Waals surface area contributed by atoms with Gasteiger partial charge >= 0.3 is 0 Å². The van der Waals surface area contributed by atoms with Gasteiger partial charge in [0, 0.05) is 20.1 Å². The first-order valence-electron chi connectivity index (χ1n) is 4.56. The summed E-state index contributed by atoms with van der Waals surface area (Å²) in [6, 6.07) is 0. The average molecular weight is 173 g/mol. The van der Waals surface area contributed by atoms with E-state index in [1.54, 1.807) is 14.2 Å². The van der Waals surface area contributed by atoms with E-state index in [1.807, 2.05) is 0 Å². The molecule has 0 saturated carbocycles. The SMILES string of the molecule is CC[CH]C(OC)C(C)C(C)OC. The Bertz CT molecular complexity index is 104. The summed E-state index contributed by atoms with van der Waals surface area (Å²) in [7, 11) is 3.48. The molecule has 0 aliphatic carbocycles. The van der Waals surface area contributed by atoms with Gasteiger partial charge in [-0.05, 0) is 13.3 Å². The Morgan fingerprint density at radius 1 is 1.17 bits per heavy atom. The van der Waals surface area contributed by atoms with Gasteiger partial charge in [-0.2, -0.15) is 0 Å². The maximum absolute atomic E-state index is 5.34. The summed E-state index contributed by atoms with van der Waals surface area (Å²) < 4.78 is 10.6. The summed E-state index contributed by atoms with van der Waals surface area (Å²) in [6.45, 7) is 6.34. The van der Waals surface area contributed by atoms with E-state index in [0.29, 0.717) is 5.92 Å². The van der Waals surface area contributed by atoms with E-state index in [1.165, 1.54) is 0 Å². The van der Waals surface area contributed by atoms with Gasteiger partial charge in [0.15, 0.2) is 0 Å². The van der Waals surface area contributed by atoms with Crippen LogP contribution in [0.4, 0.5) is 0 Å². The molecule has 0 saturated heterocycles. The second-order valence-electron chi connectivity index (χ2n) is 3.14. The van der Waals surface area contributed by atoms with Crippen molar-refractivity contribution in [2.75, 3.05) is 14.2 Å². The molecule has 0 amide bonds. The number of methoxy groups -OCH3 is 2. The van der Waals surface area contributed by atoms with Gasteiger partial charge in [-0.25, -0.2) is 0 Å². The molecule has 0 aromatic carbocycles. The molecule has 73 valence electrons. The third kappa shape index (κ3) is 3.55. The Balaban J connectivity index is 3.91. The number of hydrogen-bond donors (Lipinski definition) is 0. The first kappa shape index (κ1) is 11.9. The predicted octanol–water partition coefficient (Wildman–Crippen LogP) is 2.29. The maximum Gasteiger partial charge on any atom is 0.0653 e. The van der Waals surface area contributed by atoms with Crippen LogP contribution in [-0.4, -0.2) is 26.4 Å². The summed E-state index contributed by atoms with van der Waals surface area (Å²) in [6.07, 6.45) is 3.68. The van der Waals surface area contributed by atoms with Gasteiger partial charge in [0.2, 0.25) is 0 Å². The molecule has 1 radical (unpaired) electrons. The highest BCUT2D eigenvalue weighted by Gasteiger charge is 2.21. The van der Waals surface area contributed by atoms with Crippen molar-refractivity contribution >= 4 is 0 Å². The van der Waals surface area contributed by atoms with Crippen molar-refractivity contribution in [2.24, 2.45) is 5.92 Å². The third-order valence-corrected chi connectivity index (χ3v) is 2.37. The highest BCUT2D eigenvalue weighted by molar-refractivity contribution is 4.82. The Morgan fingerprint density at radius 3 is 2.08 bits per heavy atom. The minimum absolute atomic E-state index is 0.213. The Morgan fingerprint density at radius 2 is 1.75 bits per heavy atom. The summed E-state index contributed by atoms with van der Waals surface area (Å²) in [5, 5.41) is 0. The molecular weight excluding hydrogens is 152 g/mol. The second kappa shape index (κ2) is 6.44. The fourth-order valence-electron chi connectivity index (χ4n) is 1.24. The van der Waals surface area contributed by atoms with E-state index >= 15 is 0 Å². The van der Waals surface area contributed by atoms with E-state index in [4.69, 9.17) is 9.47 Å². The lowest BCUT2D eigenvalue weighted by molar-refractivity contribution is -0.00384. The average Bonchev–Trinajstić information content (AvgIpc) is 2.11. The van der Waals surface area contributed by atoms with E-state index in [2.05, 4.69) is 27.2 Å². The Kier molecular flexibility index (Phi) is 6.39. The molecule has 0 aliphatic heterocycles. The van der Waals surface area contributed by atoms with Gasteiger partial charge in [-0.3, -0.25) is 0 Å². The van der Waals surface area contributed by atoms with Gasteiger partial charge in [0.25, 0.3) is 0 Å². The lowest BCUT2D eigenvalue weighted by Crippen LogP contribution is -2.30. The van der Waals surface area contributed by atoms with Gasteiger partial charge in [0.05, 0.1) is 12.2 Å². The van der Waals surface area contributed by atoms with E-state index in [0.717, 1.165) is 6.42 Å². The van der Waals surface area contributed by atoms with E-state index in [9.17, 15) is 0 Å². The zero-order chi connectivity index (χ0) is 9.56. The molecule has 12 heavy (non-hydrogen) atoms. The topological polar surface area (TPSA) is 18.5 Å². The minimum Gasteiger partial charge on any atom is -0.381 e. The van der Waals surface area contributed by atoms with Crippen molar-refractivity contribution in [3.05, 3.63) is 6.42 Å². The molecule has 0 spiro atoms. The first-order valence-corrected chi connectivity index (χ1v) is 4.56. The molecule has 0 bridgehead atoms. The second-order valence-corrected chi connectivity index (χ2v) is 3.14. The van der Waals surface area contributed by atoms with Crippen LogP contribution in [0.15, 0.2) is 0 Å². The number of rotatable bonds is 6. The standard InChI is InChI=1S/C10H21O2/c1-6-7-10(12-5)8(2)9(3)11-4/h7-10H,6H2,1-5H3. The predicted molar refractivity (Wildman–Crippen MR) is 51.0 cm³/mol. The van der Waals surface area contributed by atoms with Gasteiger partial charge in [-0.1, -0.05) is 20.3 Å². The highest BCUT2D eigenvalue weighted by Crippen LogP contribution is 2.17. The fourth-order valence-corrected chi connectivity index (χ4v) is 1.24. The van der Waals surface area contributed by atoms with Crippen molar-refractivity contribution in [2.45, 2.75) is 39.4 Å². The van der Waals surface area contributed by atoms with Crippen molar-refractivity contribution in [1.82, 2.24) is 0 Å². The fraction of sp³-hybridized carbons (Fsp3) is 0.900. The summed E-state index contributed by atoms with van der Waals surface area (Å²) >= 11 is 0. The largest absolute Gasteiger partial charge is 0.381 e. The first-order chi connectivity index (χ1) is 5.67. The number of hydrogen-bond acceptors (Lipinski definition) is 2. The van der Waals surface area contributed by atoms with E-state index < -0.39 is 0 Å². The normalized spacial score (nSPS) is 18.8. The Labute approximate surface area is 76.3 Å². The van der Waals surface area contributed by atoms with Crippen LogP contribution in [0.5, 0.6) is 0 Å². The molecule has 3 atom stereocenters. The van der Waals surface area contributed by atoms with Crippen LogP contribution in [0.25, 0.3) is 0 Å². The lowest BCUT2D eigenvalue weighted by Gasteiger charge is -2.26. The monoisotopic (exact) mass is 173 g/mol. The Hall–Kier alpha value is -0.0800. The quantitative estimate of drug-likeness (QED) is 0.613. The van der Waals surface area contributed by atoms with Crippen LogP contribution in [0, 0.1) is 12.3 Å². The molecular formula is C10H21O2. The van der Waals surface area contributed by atoms with Crippen LogP contribution >= 0.6 is 0 Å². The molecule has 0 heterocycles. The van der Waals surface area contributed by atoms with Crippen molar-refractivity contribution in [1.29, 1.82) is 0 Å². The van der Waals surface area contributed by atoms with E-state index in [-0.39, 0.29) is 12.2 Å².